The summed E-state index contributed by atoms with van der Waals surface area (Å²) >= 11 is 0. The average molecular weight is 224 g/mol. The van der Waals surface area contributed by atoms with Crippen molar-refractivity contribution in [2.75, 3.05) is 11.9 Å². The fourth-order valence-corrected chi connectivity index (χ4v) is 1.30. The van der Waals surface area contributed by atoms with Crippen molar-refractivity contribution in [1.29, 1.82) is 0 Å². The van der Waals surface area contributed by atoms with Gasteiger partial charge >= 0.3 is 0 Å². The Bertz CT molecular complexity index is 362. The van der Waals surface area contributed by atoms with Crippen LogP contribution >= 0.6 is 0 Å². The van der Waals surface area contributed by atoms with Gasteiger partial charge in [0.05, 0.1) is 6.04 Å². The monoisotopic (exact) mass is 224 g/mol. The zero-order valence-electron chi connectivity index (χ0n) is 9.77. The van der Waals surface area contributed by atoms with Gasteiger partial charge in [0.1, 0.15) is 5.82 Å². The molecule has 4 heteroatoms. The van der Waals surface area contributed by atoms with Gasteiger partial charge in [-0.3, -0.25) is 4.79 Å². The summed E-state index contributed by atoms with van der Waals surface area (Å²) in [5.41, 5.74) is 6.40. The molecule has 0 aliphatic heterocycles. The number of carbonyl (C=O) groups excluding carboxylic acids is 1. The highest BCUT2D eigenvalue weighted by Gasteiger charge is 2.21. The van der Waals surface area contributed by atoms with Gasteiger partial charge < -0.3 is 10.6 Å². The molecule has 0 heterocycles. The molecule has 0 unspecified atom stereocenters. The van der Waals surface area contributed by atoms with Crippen LogP contribution in [0.4, 0.5) is 10.1 Å². The van der Waals surface area contributed by atoms with Gasteiger partial charge in [-0.2, -0.15) is 0 Å². The Hall–Kier alpha value is -1.42. The molecule has 0 saturated carbocycles. The Labute approximate surface area is 95.0 Å². The Kier molecular flexibility index (Phi) is 4.01. The predicted octanol–water partition coefficient (Wildman–Crippen LogP) is 1.77. The second-order valence-corrected chi connectivity index (χ2v) is 4.14. The number of hydrogen-bond donors (Lipinski definition) is 1. The topological polar surface area (TPSA) is 46.3 Å². The molecule has 1 amide bonds. The van der Waals surface area contributed by atoms with Gasteiger partial charge in [-0.15, -0.1) is 0 Å². The van der Waals surface area contributed by atoms with E-state index in [1.165, 1.54) is 17.0 Å². The number of likely N-dealkylation sites (N-methyl/N-ethyl adjacent to an activating group) is 1. The van der Waals surface area contributed by atoms with E-state index in [-0.39, 0.29) is 17.6 Å². The maximum atomic E-state index is 12.7. The highest BCUT2D eigenvalue weighted by Crippen LogP contribution is 2.15. The van der Waals surface area contributed by atoms with E-state index < -0.39 is 6.04 Å². The molecule has 1 atom stereocenters. The smallest absolute Gasteiger partial charge is 0.243 e. The van der Waals surface area contributed by atoms with Crippen molar-refractivity contribution in [2.45, 2.75) is 19.9 Å². The van der Waals surface area contributed by atoms with Crippen LogP contribution in [0.5, 0.6) is 0 Å². The van der Waals surface area contributed by atoms with Crippen LogP contribution in [0.1, 0.15) is 13.8 Å². The van der Waals surface area contributed by atoms with E-state index in [1.54, 1.807) is 19.2 Å². The number of benzene rings is 1. The highest BCUT2D eigenvalue weighted by atomic mass is 19.1. The van der Waals surface area contributed by atoms with Crippen LogP contribution in [-0.2, 0) is 4.79 Å². The third-order valence-corrected chi connectivity index (χ3v) is 2.55. The third-order valence-electron chi connectivity index (χ3n) is 2.55. The fraction of sp³-hybridized carbons (Fsp3) is 0.417. The summed E-state index contributed by atoms with van der Waals surface area (Å²) in [6.45, 7) is 3.78. The molecule has 0 saturated heterocycles. The van der Waals surface area contributed by atoms with Crippen LogP contribution in [-0.4, -0.2) is 19.0 Å². The second-order valence-electron chi connectivity index (χ2n) is 4.14. The van der Waals surface area contributed by atoms with E-state index in [0.29, 0.717) is 5.69 Å². The second kappa shape index (κ2) is 5.07. The normalized spacial score (nSPS) is 12.6. The van der Waals surface area contributed by atoms with Gasteiger partial charge in [-0.05, 0) is 30.2 Å². The molecule has 1 aromatic rings. The largest absolute Gasteiger partial charge is 0.320 e. The Balaban J connectivity index is 2.82. The number of halogens is 1. The van der Waals surface area contributed by atoms with Gasteiger partial charge in [0.2, 0.25) is 5.91 Å². The number of nitrogens with zero attached hydrogens (tertiary/aromatic N) is 1. The van der Waals surface area contributed by atoms with Crippen molar-refractivity contribution >= 4 is 11.6 Å². The molecule has 3 nitrogen and oxygen atoms in total. The van der Waals surface area contributed by atoms with Gasteiger partial charge in [-0.1, -0.05) is 13.8 Å². The summed E-state index contributed by atoms with van der Waals surface area (Å²) in [7, 11) is 1.64. The lowest BCUT2D eigenvalue weighted by atomic mass is 10.0. The number of carbonyl (C=O) groups is 1. The number of hydrogen-bond acceptors (Lipinski definition) is 2. The summed E-state index contributed by atoms with van der Waals surface area (Å²) in [5.74, 6) is -0.408. The summed E-state index contributed by atoms with van der Waals surface area (Å²) < 4.78 is 12.7. The van der Waals surface area contributed by atoms with Crippen LogP contribution < -0.4 is 10.6 Å². The van der Waals surface area contributed by atoms with Crippen molar-refractivity contribution < 1.29 is 9.18 Å². The van der Waals surface area contributed by atoms with E-state index in [1.807, 2.05) is 13.8 Å². The van der Waals surface area contributed by atoms with Crippen molar-refractivity contribution in [3.8, 4) is 0 Å². The van der Waals surface area contributed by atoms with Gasteiger partial charge in [0, 0.05) is 12.7 Å². The fourth-order valence-electron chi connectivity index (χ4n) is 1.30. The van der Waals surface area contributed by atoms with Crippen molar-refractivity contribution in [1.82, 2.24) is 0 Å². The molecule has 0 aliphatic carbocycles. The van der Waals surface area contributed by atoms with E-state index in [9.17, 15) is 9.18 Å². The Morgan fingerprint density at radius 3 is 2.25 bits per heavy atom. The predicted molar refractivity (Wildman–Crippen MR) is 62.6 cm³/mol. The minimum Gasteiger partial charge on any atom is -0.320 e. The molecule has 1 rings (SSSR count). The summed E-state index contributed by atoms with van der Waals surface area (Å²) in [5, 5.41) is 0. The van der Waals surface area contributed by atoms with Gasteiger partial charge in [0.25, 0.3) is 0 Å². The Morgan fingerprint density at radius 2 is 1.81 bits per heavy atom. The third kappa shape index (κ3) is 2.79. The van der Waals surface area contributed by atoms with Crippen molar-refractivity contribution in [3.05, 3.63) is 30.1 Å². The standard InChI is InChI=1S/C12H17FN2O/c1-8(2)11(14)12(16)15(3)10-6-4-9(13)5-7-10/h4-8,11H,14H2,1-3H3/t11-/m0/s1. The molecular formula is C12H17FN2O. The first kappa shape index (κ1) is 12.6. The molecule has 88 valence electrons. The molecule has 0 aromatic heterocycles. The quantitative estimate of drug-likeness (QED) is 0.850. The first-order chi connectivity index (χ1) is 7.43. The lowest BCUT2D eigenvalue weighted by Crippen LogP contribution is -2.45. The van der Waals surface area contributed by atoms with Gasteiger partial charge in [-0.25, -0.2) is 4.39 Å². The first-order valence-electron chi connectivity index (χ1n) is 5.22. The number of amides is 1. The zero-order chi connectivity index (χ0) is 12.3. The molecular weight excluding hydrogens is 207 g/mol. The van der Waals surface area contributed by atoms with Crippen LogP contribution in [0.3, 0.4) is 0 Å². The zero-order valence-corrected chi connectivity index (χ0v) is 9.77. The number of rotatable bonds is 3. The van der Waals surface area contributed by atoms with Crippen molar-refractivity contribution in [3.63, 3.8) is 0 Å². The SMILES string of the molecule is CC(C)[C@H](N)C(=O)N(C)c1ccc(F)cc1. The minimum absolute atomic E-state index is 0.0791. The average Bonchev–Trinajstić information content (AvgIpc) is 2.27. The van der Waals surface area contributed by atoms with Gasteiger partial charge in [0.15, 0.2) is 0 Å². The number of nitrogens with two attached hydrogens (primary N) is 1. The van der Waals surface area contributed by atoms with E-state index >= 15 is 0 Å². The molecule has 2 N–H and O–H groups in total. The summed E-state index contributed by atoms with van der Waals surface area (Å²) in [6.07, 6.45) is 0. The maximum Gasteiger partial charge on any atom is 0.243 e. The summed E-state index contributed by atoms with van der Waals surface area (Å²) in [6, 6.07) is 5.22. The minimum atomic E-state index is -0.532. The first-order valence-corrected chi connectivity index (χ1v) is 5.22. The van der Waals surface area contributed by atoms with Crippen LogP contribution in [0.15, 0.2) is 24.3 Å². The molecule has 0 bridgehead atoms. The maximum absolute atomic E-state index is 12.7. The highest BCUT2D eigenvalue weighted by molar-refractivity contribution is 5.96. The number of anilines is 1. The molecule has 0 aliphatic rings. The molecule has 0 spiro atoms. The van der Waals surface area contributed by atoms with E-state index in [2.05, 4.69) is 0 Å². The summed E-state index contributed by atoms with van der Waals surface area (Å²) in [4.78, 5) is 13.3. The molecule has 0 radical (unpaired) electrons. The van der Waals surface area contributed by atoms with Crippen LogP contribution in [0.25, 0.3) is 0 Å². The van der Waals surface area contributed by atoms with Crippen LogP contribution in [0, 0.1) is 11.7 Å². The molecule has 0 fully saturated rings. The molecule has 16 heavy (non-hydrogen) atoms. The lowest BCUT2D eigenvalue weighted by Gasteiger charge is -2.23. The molecule has 1 aromatic carbocycles. The van der Waals surface area contributed by atoms with E-state index in [4.69, 9.17) is 5.73 Å². The van der Waals surface area contributed by atoms with E-state index in [0.717, 1.165) is 0 Å². The lowest BCUT2D eigenvalue weighted by molar-refractivity contribution is -0.120. The van der Waals surface area contributed by atoms with Crippen LogP contribution in [0.2, 0.25) is 0 Å². The Morgan fingerprint density at radius 1 is 1.31 bits per heavy atom. The van der Waals surface area contributed by atoms with Crippen molar-refractivity contribution in [2.24, 2.45) is 11.7 Å².